The molecule has 0 spiro atoms. The second-order valence-corrected chi connectivity index (χ2v) is 9.59. The van der Waals surface area contributed by atoms with Gasteiger partial charge in [-0.15, -0.1) is 0 Å². The highest BCUT2D eigenvalue weighted by Crippen LogP contribution is 2.37. The molecule has 1 amide bonds. The van der Waals surface area contributed by atoms with E-state index in [9.17, 15) is 4.79 Å². The van der Waals surface area contributed by atoms with Crippen LogP contribution in [0, 0.1) is 0 Å². The van der Waals surface area contributed by atoms with Gasteiger partial charge in [-0.25, -0.2) is 9.97 Å². The van der Waals surface area contributed by atoms with E-state index in [2.05, 4.69) is 20.3 Å². The number of carbonyl (C=O) groups excluding carboxylic acids is 1. The van der Waals surface area contributed by atoms with Crippen LogP contribution in [0.3, 0.4) is 0 Å². The van der Waals surface area contributed by atoms with Crippen molar-refractivity contribution in [1.29, 1.82) is 0 Å². The zero-order valence-corrected chi connectivity index (χ0v) is 19.3. The van der Waals surface area contributed by atoms with Gasteiger partial charge in [0, 0.05) is 27.7 Å². The van der Waals surface area contributed by atoms with Gasteiger partial charge in [-0.05, 0) is 42.5 Å². The minimum absolute atomic E-state index is 0.231. The maximum Gasteiger partial charge on any atom is 0.262 e. The van der Waals surface area contributed by atoms with E-state index in [1.165, 1.54) is 11.3 Å². The van der Waals surface area contributed by atoms with Crippen LogP contribution in [0.1, 0.15) is 10.4 Å². The zero-order valence-electron chi connectivity index (χ0n) is 16.9. The van der Waals surface area contributed by atoms with Crippen LogP contribution in [-0.2, 0) is 0 Å². The number of anilines is 1. The Kier molecular flexibility index (Phi) is 6.21. The Morgan fingerprint density at radius 2 is 1.85 bits per heavy atom. The molecule has 3 heterocycles. The Hall–Kier alpha value is -3.46. The van der Waals surface area contributed by atoms with Gasteiger partial charge in [-0.3, -0.25) is 15.1 Å². The zero-order chi connectivity index (χ0) is 22.6. The Morgan fingerprint density at radius 3 is 2.73 bits per heavy atom. The molecule has 0 unspecified atom stereocenters. The van der Waals surface area contributed by atoms with E-state index < -0.39 is 0 Å². The van der Waals surface area contributed by atoms with E-state index in [0.29, 0.717) is 21.5 Å². The first kappa shape index (κ1) is 21.4. The first-order valence-corrected chi connectivity index (χ1v) is 11.8. The molecule has 5 aromatic rings. The van der Waals surface area contributed by atoms with Crippen molar-refractivity contribution in [2.24, 2.45) is 0 Å². The van der Waals surface area contributed by atoms with Gasteiger partial charge in [0.2, 0.25) is 5.88 Å². The molecule has 2 aromatic carbocycles. The van der Waals surface area contributed by atoms with Crippen molar-refractivity contribution in [3.8, 4) is 11.6 Å². The topological polar surface area (TPSA) is 77.0 Å². The maximum absolute atomic E-state index is 12.9. The van der Waals surface area contributed by atoms with Crippen LogP contribution < -0.4 is 10.1 Å². The summed E-state index contributed by atoms with van der Waals surface area (Å²) in [5, 5.41) is 4.97. The summed E-state index contributed by atoms with van der Waals surface area (Å²) < 4.78 is 6.72. The molecule has 33 heavy (non-hydrogen) atoms. The molecule has 0 aliphatic heterocycles. The number of pyridine rings is 2. The second kappa shape index (κ2) is 9.58. The molecule has 6 nitrogen and oxygen atoms in total. The summed E-state index contributed by atoms with van der Waals surface area (Å²) in [5.74, 6) is 0.488. The van der Waals surface area contributed by atoms with Gasteiger partial charge in [-0.2, -0.15) is 0 Å². The molecule has 0 fully saturated rings. The van der Waals surface area contributed by atoms with Crippen molar-refractivity contribution in [3.63, 3.8) is 0 Å². The van der Waals surface area contributed by atoms with E-state index in [-0.39, 0.29) is 11.8 Å². The van der Waals surface area contributed by atoms with E-state index in [1.807, 2.05) is 42.5 Å². The predicted molar refractivity (Wildman–Crippen MR) is 132 cm³/mol. The fraction of sp³-hybridized carbons (Fsp3) is 0. The minimum Gasteiger partial charge on any atom is -0.438 e. The molecule has 0 aliphatic carbocycles. The van der Waals surface area contributed by atoms with Crippen molar-refractivity contribution in [2.75, 3.05) is 5.32 Å². The number of para-hydroxylation sites is 1. The molecule has 0 saturated heterocycles. The molecular formula is C24H15ClN4O2S2. The van der Waals surface area contributed by atoms with Crippen molar-refractivity contribution in [2.45, 2.75) is 9.10 Å². The average Bonchev–Trinajstić information content (AvgIpc) is 3.26. The fourth-order valence-electron chi connectivity index (χ4n) is 3.07. The lowest BCUT2D eigenvalue weighted by Gasteiger charge is -2.09. The molecule has 0 bridgehead atoms. The van der Waals surface area contributed by atoms with Crippen molar-refractivity contribution in [1.82, 2.24) is 15.0 Å². The number of amides is 1. The third-order valence-corrected chi connectivity index (χ3v) is 6.88. The minimum atomic E-state index is -0.344. The van der Waals surface area contributed by atoms with Crippen LogP contribution in [0.25, 0.3) is 10.9 Å². The molecular weight excluding hydrogens is 476 g/mol. The van der Waals surface area contributed by atoms with Crippen LogP contribution >= 0.6 is 34.7 Å². The number of hydrogen-bond donors (Lipinski definition) is 1. The summed E-state index contributed by atoms with van der Waals surface area (Å²) >= 11 is 9.02. The monoisotopic (exact) mass is 490 g/mol. The standard InChI is InChI=1S/C24H15ClN4O2S2/c25-15-8-9-17-19(13-15)26-12-10-20(17)32-21-14-28-24(33-21)29-22(30)18-7-4-11-27-23(18)31-16-5-2-1-3-6-16/h1-14H,(H,28,29,30). The average molecular weight is 491 g/mol. The van der Waals surface area contributed by atoms with Gasteiger partial charge in [-0.1, -0.05) is 59.0 Å². The largest absolute Gasteiger partial charge is 0.438 e. The number of hydrogen-bond acceptors (Lipinski definition) is 7. The lowest BCUT2D eigenvalue weighted by molar-refractivity contribution is 0.102. The first-order chi connectivity index (χ1) is 16.2. The van der Waals surface area contributed by atoms with E-state index >= 15 is 0 Å². The van der Waals surface area contributed by atoms with Crippen LogP contribution in [0.4, 0.5) is 5.13 Å². The molecule has 162 valence electrons. The number of thiazole rings is 1. The number of ether oxygens (including phenoxy) is 1. The lowest BCUT2D eigenvalue weighted by atomic mass is 10.2. The number of rotatable bonds is 6. The first-order valence-electron chi connectivity index (χ1n) is 9.83. The Bertz CT molecular complexity index is 1440. The number of benzene rings is 2. The predicted octanol–water partition coefficient (Wildman–Crippen LogP) is 6.94. The molecule has 9 heteroatoms. The summed E-state index contributed by atoms with van der Waals surface area (Å²) in [6, 6.07) is 20.1. The Labute approximate surface area is 202 Å². The van der Waals surface area contributed by atoms with Crippen LogP contribution in [-0.4, -0.2) is 20.9 Å². The molecule has 0 aliphatic rings. The SMILES string of the molecule is O=C(Nc1ncc(Sc2ccnc3cc(Cl)ccc23)s1)c1cccnc1Oc1ccccc1. The number of nitrogens with one attached hydrogen (secondary N) is 1. The lowest BCUT2D eigenvalue weighted by Crippen LogP contribution is -2.13. The number of carbonyl (C=O) groups is 1. The van der Waals surface area contributed by atoms with Crippen LogP contribution in [0.15, 0.2) is 94.4 Å². The summed E-state index contributed by atoms with van der Waals surface area (Å²) in [7, 11) is 0. The van der Waals surface area contributed by atoms with Gasteiger partial charge in [0.1, 0.15) is 11.3 Å². The summed E-state index contributed by atoms with van der Waals surface area (Å²) in [5.41, 5.74) is 1.15. The van der Waals surface area contributed by atoms with Gasteiger partial charge >= 0.3 is 0 Å². The van der Waals surface area contributed by atoms with E-state index in [1.54, 1.807) is 54.6 Å². The normalized spacial score (nSPS) is 10.8. The van der Waals surface area contributed by atoms with Gasteiger partial charge in [0.25, 0.3) is 5.91 Å². The Balaban J connectivity index is 1.32. The summed E-state index contributed by atoms with van der Waals surface area (Å²) in [4.78, 5) is 26.9. The highest BCUT2D eigenvalue weighted by molar-refractivity contribution is 8.01. The quantitative estimate of drug-likeness (QED) is 0.278. The van der Waals surface area contributed by atoms with Gasteiger partial charge in [0.15, 0.2) is 5.13 Å². The third-order valence-electron chi connectivity index (χ3n) is 4.55. The highest BCUT2D eigenvalue weighted by atomic mass is 35.5. The van der Waals surface area contributed by atoms with Crippen molar-refractivity contribution >= 4 is 56.6 Å². The van der Waals surface area contributed by atoms with E-state index in [0.717, 1.165) is 20.0 Å². The summed E-state index contributed by atoms with van der Waals surface area (Å²) in [6.07, 6.45) is 5.07. The smallest absolute Gasteiger partial charge is 0.262 e. The summed E-state index contributed by atoms with van der Waals surface area (Å²) in [6.45, 7) is 0. The van der Waals surface area contributed by atoms with Crippen LogP contribution in [0.5, 0.6) is 11.6 Å². The molecule has 5 rings (SSSR count). The van der Waals surface area contributed by atoms with Gasteiger partial charge < -0.3 is 4.74 Å². The van der Waals surface area contributed by atoms with Crippen molar-refractivity contribution in [3.05, 3.63) is 95.9 Å². The van der Waals surface area contributed by atoms with Gasteiger partial charge in [0.05, 0.1) is 15.9 Å². The number of nitrogens with zero attached hydrogens (tertiary/aromatic N) is 3. The number of halogens is 1. The molecule has 1 N–H and O–H groups in total. The molecule has 0 radical (unpaired) electrons. The molecule has 3 aromatic heterocycles. The highest BCUT2D eigenvalue weighted by Gasteiger charge is 2.16. The van der Waals surface area contributed by atoms with E-state index in [4.69, 9.17) is 16.3 Å². The number of aromatic nitrogens is 3. The molecule has 0 saturated carbocycles. The number of fused-ring (bicyclic) bond motifs is 1. The second-order valence-electron chi connectivity index (χ2n) is 6.78. The van der Waals surface area contributed by atoms with Crippen molar-refractivity contribution < 1.29 is 9.53 Å². The maximum atomic E-state index is 12.9. The molecule has 0 atom stereocenters. The Morgan fingerprint density at radius 1 is 0.970 bits per heavy atom. The third kappa shape index (κ3) is 4.98. The van der Waals surface area contributed by atoms with Crippen LogP contribution in [0.2, 0.25) is 5.02 Å². The fourth-order valence-corrected chi connectivity index (χ4v) is 5.18.